The Labute approximate surface area is 119 Å². The molecule has 2 aromatic rings. The molecule has 0 unspecified atom stereocenters. The van der Waals surface area contributed by atoms with Gasteiger partial charge in [0.25, 0.3) is 0 Å². The minimum Gasteiger partial charge on any atom is -0.505 e. The van der Waals surface area contributed by atoms with Gasteiger partial charge in [-0.05, 0) is 45.8 Å². The first-order valence-electron chi connectivity index (χ1n) is 5.65. The number of aromatic hydroxyl groups is 1. The van der Waals surface area contributed by atoms with Gasteiger partial charge in [-0.1, -0.05) is 6.07 Å². The van der Waals surface area contributed by atoms with E-state index in [1.165, 1.54) is 12.1 Å². The number of ether oxygens (including phenoxy) is 1. The number of hydrogen-bond acceptors (Lipinski definition) is 3. The normalized spacial score (nSPS) is 10.3. The zero-order chi connectivity index (χ0) is 13.8. The lowest BCUT2D eigenvalue weighted by molar-refractivity contribution is 0.412. The minimum absolute atomic E-state index is 0.349. The summed E-state index contributed by atoms with van der Waals surface area (Å²) in [4.78, 5) is 0. The van der Waals surface area contributed by atoms with E-state index in [1.54, 1.807) is 13.2 Å². The van der Waals surface area contributed by atoms with E-state index in [1.807, 2.05) is 18.2 Å². The van der Waals surface area contributed by atoms with Gasteiger partial charge in [0.2, 0.25) is 0 Å². The van der Waals surface area contributed by atoms with E-state index in [0.29, 0.717) is 12.2 Å². The summed E-state index contributed by atoms with van der Waals surface area (Å²) in [5, 5.41) is 12.2. The lowest BCUT2D eigenvalue weighted by Gasteiger charge is -2.09. The molecular formula is C14H13BrFNO2. The van der Waals surface area contributed by atoms with E-state index in [9.17, 15) is 4.39 Å². The highest BCUT2D eigenvalue weighted by molar-refractivity contribution is 9.10. The van der Waals surface area contributed by atoms with Crippen LogP contribution in [0.4, 0.5) is 10.1 Å². The smallest absolute Gasteiger partial charge is 0.166 e. The summed E-state index contributed by atoms with van der Waals surface area (Å²) in [6, 6.07) is 9.92. The molecule has 0 aliphatic rings. The lowest BCUT2D eigenvalue weighted by atomic mass is 10.2. The molecule has 0 heterocycles. The van der Waals surface area contributed by atoms with Gasteiger partial charge in [-0.2, -0.15) is 0 Å². The number of methoxy groups -OCH3 is 1. The SMILES string of the molecule is COc1ccc(CNc2ccc(O)c(F)c2)cc1Br. The van der Waals surface area contributed by atoms with E-state index in [2.05, 4.69) is 21.2 Å². The second-order valence-corrected chi connectivity index (χ2v) is 4.84. The van der Waals surface area contributed by atoms with Crippen LogP contribution in [-0.4, -0.2) is 12.2 Å². The first-order chi connectivity index (χ1) is 9.10. The quantitative estimate of drug-likeness (QED) is 0.837. The second-order valence-electron chi connectivity index (χ2n) is 3.99. The van der Waals surface area contributed by atoms with Crippen LogP contribution in [0.2, 0.25) is 0 Å². The molecule has 19 heavy (non-hydrogen) atoms. The number of halogens is 2. The Morgan fingerprint density at radius 2 is 2.05 bits per heavy atom. The average molecular weight is 326 g/mol. The molecule has 2 rings (SSSR count). The molecular weight excluding hydrogens is 313 g/mol. The summed E-state index contributed by atoms with van der Waals surface area (Å²) in [5.41, 5.74) is 1.64. The molecule has 0 aliphatic carbocycles. The van der Waals surface area contributed by atoms with Crippen LogP contribution in [0.5, 0.6) is 11.5 Å². The van der Waals surface area contributed by atoms with Crippen LogP contribution in [0, 0.1) is 5.82 Å². The summed E-state index contributed by atoms with van der Waals surface area (Å²) in [6.45, 7) is 0.548. The van der Waals surface area contributed by atoms with Crippen molar-refractivity contribution in [1.82, 2.24) is 0 Å². The van der Waals surface area contributed by atoms with Crippen molar-refractivity contribution >= 4 is 21.6 Å². The van der Waals surface area contributed by atoms with Crippen molar-refractivity contribution in [2.75, 3.05) is 12.4 Å². The topological polar surface area (TPSA) is 41.5 Å². The molecule has 0 saturated heterocycles. The molecule has 0 radical (unpaired) electrons. The van der Waals surface area contributed by atoms with E-state index >= 15 is 0 Å². The number of benzene rings is 2. The summed E-state index contributed by atoms with van der Waals surface area (Å²) in [6.07, 6.45) is 0. The van der Waals surface area contributed by atoms with Crippen molar-refractivity contribution in [2.45, 2.75) is 6.54 Å². The van der Waals surface area contributed by atoms with Gasteiger partial charge >= 0.3 is 0 Å². The van der Waals surface area contributed by atoms with Gasteiger partial charge in [0.05, 0.1) is 11.6 Å². The number of phenolic OH excluding ortho intramolecular Hbond substituents is 1. The van der Waals surface area contributed by atoms with E-state index < -0.39 is 5.82 Å². The van der Waals surface area contributed by atoms with Crippen molar-refractivity contribution < 1.29 is 14.2 Å². The molecule has 0 aliphatic heterocycles. The average Bonchev–Trinajstić information content (AvgIpc) is 2.40. The van der Waals surface area contributed by atoms with Gasteiger partial charge in [0.1, 0.15) is 5.75 Å². The van der Waals surface area contributed by atoms with Crippen LogP contribution in [0.1, 0.15) is 5.56 Å². The van der Waals surface area contributed by atoms with Crippen LogP contribution in [0.25, 0.3) is 0 Å². The van der Waals surface area contributed by atoms with Crippen LogP contribution in [-0.2, 0) is 6.54 Å². The Hall–Kier alpha value is -1.75. The molecule has 0 spiro atoms. The van der Waals surface area contributed by atoms with Gasteiger partial charge in [0, 0.05) is 18.3 Å². The Bertz CT molecular complexity index is 590. The maximum Gasteiger partial charge on any atom is 0.166 e. The van der Waals surface area contributed by atoms with Crippen molar-refractivity contribution in [2.24, 2.45) is 0 Å². The second kappa shape index (κ2) is 5.93. The van der Waals surface area contributed by atoms with Crippen LogP contribution >= 0.6 is 15.9 Å². The number of anilines is 1. The van der Waals surface area contributed by atoms with Crippen molar-refractivity contribution in [1.29, 1.82) is 0 Å². The molecule has 0 amide bonds. The molecule has 2 N–H and O–H groups in total. The first-order valence-corrected chi connectivity index (χ1v) is 6.44. The Balaban J connectivity index is 2.05. The van der Waals surface area contributed by atoms with E-state index in [4.69, 9.17) is 9.84 Å². The Kier molecular flexibility index (Phi) is 4.27. The van der Waals surface area contributed by atoms with Gasteiger partial charge in [-0.3, -0.25) is 0 Å². The highest BCUT2D eigenvalue weighted by Crippen LogP contribution is 2.26. The molecule has 5 heteroatoms. The van der Waals surface area contributed by atoms with E-state index in [-0.39, 0.29) is 5.75 Å². The number of rotatable bonds is 4. The lowest BCUT2D eigenvalue weighted by Crippen LogP contribution is -2.00. The third-order valence-corrected chi connectivity index (χ3v) is 3.28. The zero-order valence-corrected chi connectivity index (χ0v) is 11.9. The standard InChI is InChI=1S/C14H13BrFNO2/c1-19-14-5-2-9(6-11(14)15)8-17-10-3-4-13(18)12(16)7-10/h2-7,17-18H,8H2,1H3. The van der Waals surface area contributed by atoms with Crippen molar-refractivity contribution in [3.63, 3.8) is 0 Å². The summed E-state index contributed by atoms with van der Waals surface area (Å²) in [5.74, 6) is -0.224. The minimum atomic E-state index is -0.638. The van der Waals surface area contributed by atoms with Crippen molar-refractivity contribution in [3.8, 4) is 11.5 Å². The summed E-state index contributed by atoms with van der Waals surface area (Å²) >= 11 is 3.41. The predicted octanol–water partition coefficient (Wildman–Crippen LogP) is 3.91. The van der Waals surface area contributed by atoms with Crippen LogP contribution in [0.15, 0.2) is 40.9 Å². The first kappa shape index (κ1) is 13.7. The Morgan fingerprint density at radius 1 is 1.26 bits per heavy atom. The maximum absolute atomic E-state index is 13.2. The molecule has 2 aromatic carbocycles. The Morgan fingerprint density at radius 3 is 2.68 bits per heavy atom. The monoisotopic (exact) mass is 325 g/mol. The fourth-order valence-corrected chi connectivity index (χ4v) is 2.23. The third-order valence-electron chi connectivity index (χ3n) is 2.66. The molecule has 0 aromatic heterocycles. The predicted molar refractivity (Wildman–Crippen MR) is 76.1 cm³/mol. The largest absolute Gasteiger partial charge is 0.505 e. The fraction of sp³-hybridized carbons (Fsp3) is 0.143. The number of hydrogen-bond donors (Lipinski definition) is 2. The van der Waals surface area contributed by atoms with Crippen LogP contribution < -0.4 is 10.1 Å². The summed E-state index contributed by atoms with van der Waals surface area (Å²) in [7, 11) is 1.61. The van der Waals surface area contributed by atoms with Gasteiger partial charge < -0.3 is 15.2 Å². The number of nitrogens with one attached hydrogen (secondary N) is 1. The van der Waals surface area contributed by atoms with Gasteiger partial charge in [0.15, 0.2) is 11.6 Å². The van der Waals surface area contributed by atoms with Crippen molar-refractivity contribution in [3.05, 3.63) is 52.3 Å². The molecule has 0 fully saturated rings. The van der Waals surface area contributed by atoms with Crippen LogP contribution in [0.3, 0.4) is 0 Å². The highest BCUT2D eigenvalue weighted by atomic mass is 79.9. The molecule has 3 nitrogen and oxygen atoms in total. The fourth-order valence-electron chi connectivity index (χ4n) is 1.64. The molecule has 0 saturated carbocycles. The summed E-state index contributed by atoms with van der Waals surface area (Å²) < 4.78 is 19.2. The zero-order valence-electron chi connectivity index (χ0n) is 10.3. The van der Waals surface area contributed by atoms with Gasteiger partial charge in [-0.25, -0.2) is 4.39 Å². The molecule has 100 valence electrons. The highest BCUT2D eigenvalue weighted by Gasteiger charge is 2.03. The molecule has 0 bridgehead atoms. The van der Waals surface area contributed by atoms with E-state index in [0.717, 1.165) is 15.8 Å². The maximum atomic E-state index is 13.2. The number of phenols is 1. The molecule has 0 atom stereocenters. The third kappa shape index (κ3) is 3.38. The van der Waals surface area contributed by atoms with Gasteiger partial charge in [-0.15, -0.1) is 0 Å².